The summed E-state index contributed by atoms with van der Waals surface area (Å²) in [5.74, 6) is 0. The van der Waals surface area contributed by atoms with E-state index in [1.54, 1.807) is 21.3 Å². The van der Waals surface area contributed by atoms with Crippen molar-refractivity contribution in [1.29, 1.82) is 0 Å². The van der Waals surface area contributed by atoms with Crippen molar-refractivity contribution in [2.24, 2.45) is 0 Å². The molecule has 0 aromatic rings. The fourth-order valence-corrected chi connectivity index (χ4v) is 7.09. The summed E-state index contributed by atoms with van der Waals surface area (Å²) in [6, 6.07) is 3.23. The third-order valence-corrected chi connectivity index (χ3v) is 8.63. The van der Waals surface area contributed by atoms with Gasteiger partial charge in [-0.15, -0.1) is 0 Å². The molecule has 0 spiro atoms. The van der Waals surface area contributed by atoms with E-state index in [2.05, 4.69) is 0 Å². The molecule has 0 bridgehead atoms. The van der Waals surface area contributed by atoms with Gasteiger partial charge >= 0.3 is 8.80 Å². The summed E-state index contributed by atoms with van der Waals surface area (Å²) in [7, 11) is 1.64. The van der Waals surface area contributed by atoms with Crippen molar-refractivity contribution in [2.45, 2.75) is 30.7 Å². The van der Waals surface area contributed by atoms with Gasteiger partial charge < -0.3 is 22.1 Å². The molecule has 1 aliphatic heterocycles. The molecule has 8 heteroatoms. The molecule has 1 saturated heterocycles. The van der Waals surface area contributed by atoms with E-state index in [1.165, 1.54) is 18.5 Å². The summed E-state index contributed by atoms with van der Waals surface area (Å²) in [4.78, 5) is 0. The second-order valence-corrected chi connectivity index (χ2v) is 10.1. The van der Waals surface area contributed by atoms with Crippen LogP contribution < -0.4 is 0 Å². The average molecular weight is 297 g/mol. The van der Waals surface area contributed by atoms with Crippen molar-refractivity contribution in [3.8, 4) is 0 Å². The molecule has 0 saturated carbocycles. The van der Waals surface area contributed by atoms with Gasteiger partial charge in [-0.1, -0.05) is 6.42 Å². The van der Waals surface area contributed by atoms with Crippen LogP contribution in [-0.4, -0.2) is 62.4 Å². The molecule has 1 unspecified atom stereocenters. The largest absolute Gasteiger partial charge is 0.502 e. The molecule has 0 amide bonds. The third-order valence-electron chi connectivity index (χ3n) is 3.00. The van der Waals surface area contributed by atoms with Gasteiger partial charge in [0.25, 0.3) is 0 Å². The molecule has 1 rings (SSSR count). The van der Waals surface area contributed by atoms with Crippen LogP contribution in [0.5, 0.6) is 0 Å². The molecule has 0 aromatic carbocycles. The van der Waals surface area contributed by atoms with Crippen LogP contribution in [0.15, 0.2) is 0 Å². The summed E-state index contributed by atoms with van der Waals surface area (Å²) in [5.41, 5.74) is 0. The monoisotopic (exact) mass is 296 g/mol. The lowest BCUT2D eigenvalue weighted by atomic mass is 10.4. The molecule has 5 nitrogen and oxygen atoms in total. The Labute approximate surface area is 109 Å². The zero-order chi connectivity index (χ0) is 12.6. The van der Waals surface area contributed by atoms with Crippen LogP contribution in [0.3, 0.4) is 0 Å². The average Bonchev–Trinajstić information content (AvgIpc) is 2.50. The maximum Gasteiger partial charge on any atom is 0.502 e. The highest BCUT2D eigenvalue weighted by Crippen LogP contribution is 2.18. The first-order valence-corrected chi connectivity index (χ1v) is 11.2. The minimum absolute atomic E-state index is 0.0961. The summed E-state index contributed by atoms with van der Waals surface area (Å²) in [6.45, 7) is 0.685. The van der Waals surface area contributed by atoms with Gasteiger partial charge in [0, 0.05) is 27.4 Å². The van der Waals surface area contributed by atoms with Crippen molar-refractivity contribution in [1.82, 2.24) is 0 Å². The summed E-state index contributed by atoms with van der Waals surface area (Å²) in [6.07, 6.45) is 1.38. The quantitative estimate of drug-likeness (QED) is 0.651. The topological polar surface area (TPSA) is 46.2 Å². The Morgan fingerprint density at radius 2 is 1.76 bits per heavy atom. The van der Waals surface area contributed by atoms with E-state index in [4.69, 9.17) is 22.1 Å². The van der Waals surface area contributed by atoms with E-state index >= 15 is 0 Å². The molecule has 1 aliphatic rings. The fraction of sp³-hybridized carbons (Fsp3) is 1.00. The van der Waals surface area contributed by atoms with Crippen LogP contribution in [0.2, 0.25) is 18.1 Å². The lowest BCUT2D eigenvalue weighted by Gasteiger charge is -2.28. The molecule has 0 N–H and O–H groups in total. The predicted octanol–water partition coefficient (Wildman–Crippen LogP) is -0.326. The lowest BCUT2D eigenvalue weighted by Crippen LogP contribution is -2.47. The van der Waals surface area contributed by atoms with Gasteiger partial charge in [-0.05, 0) is 12.1 Å². The van der Waals surface area contributed by atoms with Crippen molar-refractivity contribution in [3.63, 3.8) is 0 Å². The van der Waals surface area contributed by atoms with E-state index < -0.39 is 18.6 Å². The minimum Gasteiger partial charge on any atom is -0.421 e. The normalized spacial score (nSPS) is 26.6. The standard InChI is InChI=1S/C9H24O5Si3/c1-10-17(11-2,12-3)8-9-7-13-15-5-4-6-16-14-9/h9H,4-8,15-16H2,1-3H3. The smallest absolute Gasteiger partial charge is 0.421 e. The van der Waals surface area contributed by atoms with Crippen LogP contribution in [0, 0.1) is 0 Å². The zero-order valence-corrected chi connectivity index (χ0v) is 14.9. The van der Waals surface area contributed by atoms with Crippen molar-refractivity contribution in [2.75, 3.05) is 27.9 Å². The molecule has 1 heterocycles. The highest BCUT2D eigenvalue weighted by Gasteiger charge is 2.40. The van der Waals surface area contributed by atoms with Gasteiger partial charge in [0.05, 0.1) is 12.7 Å². The van der Waals surface area contributed by atoms with Gasteiger partial charge in [-0.25, -0.2) is 0 Å². The van der Waals surface area contributed by atoms with Crippen LogP contribution in [0.1, 0.15) is 6.42 Å². The second-order valence-electron chi connectivity index (χ2n) is 4.13. The maximum absolute atomic E-state index is 5.95. The van der Waals surface area contributed by atoms with Crippen LogP contribution >= 0.6 is 0 Å². The molecule has 1 fully saturated rings. The fourth-order valence-electron chi connectivity index (χ4n) is 1.89. The lowest BCUT2D eigenvalue weighted by molar-refractivity contribution is 0.0890. The Bertz CT molecular complexity index is 185. The minimum atomic E-state index is -2.53. The van der Waals surface area contributed by atoms with E-state index in [0.717, 1.165) is 0 Å². The van der Waals surface area contributed by atoms with Crippen LogP contribution in [0.25, 0.3) is 0 Å². The highest BCUT2D eigenvalue weighted by molar-refractivity contribution is 6.60. The maximum atomic E-state index is 5.95. The second kappa shape index (κ2) is 8.53. The first-order chi connectivity index (χ1) is 8.26. The number of rotatable bonds is 5. The van der Waals surface area contributed by atoms with E-state index in [0.29, 0.717) is 12.7 Å². The van der Waals surface area contributed by atoms with Crippen LogP contribution in [0.4, 0.5) is 0 Å². The van der Waals surface area contributed by atoms with Gasteiger partial charge in [-0.2, -0.15) is 0 Å². The van der Waals surface area contributed by atoms with E-state index in [9.17, 15) is 0 Å². The highest BCUT2D eigenvalue weighted by atomic mass is 28.4. The summed E-state index contributed by atoms with van der Waals surface area (Å²) >= 11 is 0. The van der Waals surface area contributed by atoms with E-state index in [1.807, 2.05) is 0 Å². The third kappa shape index (κ3) is 5.30. The molecule has 0 aromatic heterocycles. The Balaban J connectivity index is 2.49. The Morgan fingerprint density at radius 3 is 2.41 bits per heavy atom. The molecule has 1 atom stereocenters. The predicted molar refractivity (Wildman–Crippen MR) is 73.7 cm³/mol. The SMILES string of the molecule is CO[Si](CC1CO[SiH2]CCC[SiH2]O1)(OC)OC. The molecular formula is C9H24O5Si3. The Morgan fingerprint density at radius 1 is 1.12 bits per heavy atom. The van der Waals surface area contributed by atoms with Crippen LogP contribution in [-0.2, 0) is 22.1 Å². The molecule has 0 aliphatic carbocycles. The van der Waals surface area contributed by atoms with Crippen molar-refractivity contribution in [3.05, 3.63) is 0 Å². The molecule has 102 valence electrons. The van der Waals surface area contributed by atoms with Gasteiger partial charge in [-0.3, -0.25) is 0 Å². The van der Waals surface area contributed by atoms with Gasteiger partial charge in [0.15, 0.2) is 19.5 Å². The van der Waals surface area contributed by atoms with Gasteiger partial charge in [0.2, 0.25) is 0 Å². The summed E-state index contributed by atoms with van der Waals surface area (Å²) < 4.78 is 28.0. The zero-order valence-electron chi connectivity index (χ0n) is 11.1. The Hall–Kier alpha value is 0.451. The summed E-state index contributed by atoms with van der Waals surface area (Å²) in [5, 5.41) is 0. The molecule has 17 heavy (non-hydrogen) atoms. The molecular weight excluding hydrogens is 272 g/mol. The Kier molecular flexibility index (Phi) is 7.79. The molecule has 0 radical (unpaired) electrons. The first kappa shape index (κ1) is 15.5. The van der Waals surface area contributed by atoms with Crippen molar-refractivity contribution < 1.29 is 22.1 Å². The number of hydrogen-bond donors (Lipinski definition) is 0. The number of hydrogen-bond acceptors (Lipinski definition) is 5. The first-order valence-electron chi connectivity index (χ1n) is 6.11. The van der Waals surface area contributed by atoms with E-state index in [-0.39, 0.29) is 15.9 Å². The van der Waals surface area contributed by atoms with Gasteiger partial charge in [0.1, 0.15) is 0 Å². The van der Waals surface area contributed by atoms with Crippen molar-refractivity contribution >= 4 is 28.3 Å².